The van der Waals surface area contributed by atoms with Crippen LogP contribution in [-0.4, -0.2) is 24.3 Å². The molecule has 0 spiro atoms. The third-order valence-corrected chi connectivity index (χ3v) is 5.27. The summed E-state index contributed by atoms with van der Waals surface area (Å²) in [7, 11) is 0. The largest absolute Gasteiger partial charge is 0.483 e. The van der Waals surface area contributed by atoms with Crippen molar-refractivity contribution in [3.63, 3.8) is 0 Å². The molecule has 0 aliphatic rings. The van der Waals surface area contributed by atoms with Gasteiger partial charge in [-0.05, 0) is 44.8 Å². The second-order valence-electron chi connectivity index (χ2n) is 7.16. The van der Waals surface area contributed by atoms with Gasteiger partial charge in [0.15, 0.2) is 6.61 Å². The van der Waals surface area contributed by atoms with Crippen LogP contribution >= 0.6 is 15.9 Å². The van der Waals surface area contributed by atoms with Crippen molar-refractivity contribution in [1.82, 2.24) is 16.2 Å². The fourth-order valence-corrected chi connectivity index (χ4v) is 3.41. The SMILES string of the molecule is O=C(CCC(=O)NNC(=O)COc1ccc(-c2ccccc2)cc1Br)NCc1ccccc1. The molecule has 0 unspecified atom stereocenters. The van der Waals surface area contributed by atoms with E-state index in [9.17, 15) is 14.4 Å². The van der Waals surface area contributed by atoms with E-state index in [4.69, 9.17) is 4.74 Å². The summed E-state index contributed by atoms with van der Waals surface area (Å²) >= 11 is 3.45. The summed E-state index contributed by atoms with van der Waals surface area (Å²) in [5.41, 5.74) is 7.62. The Labute approximate surface area is 200 Å². The first-order valence-electron chi connectivity index (χ1n) is 10.4. The monoisotopic (exact) mass is 509 g/mol. The van der Waals surface area contributed by atoms with Gasteiger partial charge in [-0.2, -0.15) is 0 Å². The molecule has 3 rings (SSSR count). The molecule has 0 heterocycles. The molecule has 0 aliphatic heterocycles. The highest BCUT2D eigenvalue weighted by atomic mass is 79.9. The van der Waals surface area contributed by atoms with E-state index < -0.39 is 11.8 Å². The maximum atomic E-state index is 12.0. The molecule has 7 nitrogen and oxygen atoms in total. The van der Waals surface area contributed by atoms with Crippen molar-refractivity contribution in [3.8, 4) is 16.9 Å². The Morgan fingerprint density at radius 3 is 2.06 bits per heavy atom. The van der Waals surface area contributed by atoms with Gasteiger partial charge in [-0.15, -0.1) is 0 Å². The van der Waals surface area contributed by atoms with Gasteiger partial charge in [0.1, 0.15) is 5.75 Å². The van der Waals surface area contributed by atoms with Gasteiger partial charge in [0.05, 0.1) is 4.47 Å². The fourth-order valence-electron chi connectivity index (χ4n) is 2.92. The number of hydrogen-bond donors (Lipinski definition) is 3. The van der Waals surface area contributed by atoms with Crippen molar-refractivity contribution in [2.75, 3.05) is 6.61 Å². The van der Waals surface area contributed by atoms with E-state index >= 15 is 0 Å². The van der Waals surface area contributed by atoms with Crippen LogP contribution < -0.4 is 20.9 Å². The molecular weight excluding hydrogens is 486 g/mol. The third kappa shape index (κ3) is 8.08. The third-order valence-electron chi connectivity index (χ3n) is 4.65. The number of rotatable bonds is 9. The summed E-state index contributed by atoms with van der Waals surface area (Å²) in [6, 6.07) is 25.0. The fraction of sp³-hybridized carbons (Fsp3) is 0.160. The summed E-state index contributed by atoms with van der Waals surface area (Å²) in [5.74, 6) is -0.721. The van der Waals surface area contributed by atoms with Crippen LogP contribution in [0.2, 0.25) is 0 Å². The topological polar surface area (TPSA) is 96.5 Å². The summed E-state index contributed by atoms with van der Waals surface area (Å²) in [5, 5.41) is 2.75. The van der Waals surface area contributed by atoms with Crippen molar-refractivity contribution in [3.05, 3.63) is 88.9 Å². The Bertz CT molecular complexity index is 1090. The molecular formula is C25H24BrN3O4. The maximum absolute atomic E-state index is 12.0. The van der Waals surface area contributed by atoms with Crippen LogP contribution in [0.5, 0.6) is 5.75 Å². The Morgan fingerprint density at radius 2 is 1.36 bits per heavy atom. The molecule has 0 saturated heterocycles. The molecule has 0 aromatic heterocycles. The van der Waals surface area contributed by atoms with Crippen molar-refractivity contribution in [1.29, 1.82) is 0 Å². The molecule has 8 heteroatoms. The van der Waals surface area contributed by atoms with E-state index in [-0.39, 0.29) is 25.4 Å². The molecule has 0 atom stereocenters. The van der Waals surface area contributed by atoms with Crippen LogP contribution in [0.1, 0.15) is 18.4 Å². The van der Waals surface area contributed by atoms with Crippen molar-refractivity contribution in [2.24, 2.45) is 0 Å². The molecule has 3 aromatic rings. The number of amides is 3. The molecule has 3 N–H and O–H groups in total. The number of halogens is 1. The first-order valence-corrected chi connectivity index (χ1v) is 11.2. The maximum Gasteiger partial charge on any atom is 0.276 e. The first kappa shape index (κ1) is 24.0. The van der Waals surface area contributed by atoms with E-state index in [1.807, 2.05) is 72.8 Å². The molecule has 0 radical (unpaired) electrons. The summed E-state index contributed by atoms with van der Waals surface area (Å²) in [4.78, 5) is 35.7. The highest BCUT2D eigenvalue weighted by Gasteiger charge is 2.10. The number of carbonyl (C=O) groups excluding carboxylic acids is 3. The summed E-state index contributed by atoms with van der Waals surface area (Å²) in [6.07, 6.45) is -0.0278. The highest BCUT2D eigenvalue weighted by Crippen LogP contribution is 2.30. The Morgan fingerprint density at radius 1 is 0.727 bits per heavy atom. The Balaban J connectivity index is 1.34. The average molecular weight is 510 g/mol. The van der Waals surface area contributed by atoms with E-state index in [0.717, 1.165) is 16.7 Å². The number of nitrogens with one attached hydrogen (secondary N) is 3. The molecule has 170 valence electrons. The normalized spacial score (nSPS) is 10.2. The second-order valence-corrected chi connectivity index (χ2v) is 8.01. The van der Waals surface area contributed by atoms with Crippen LogP contribution in [0.25, 0.3) is 11.1 Å². The van der Waals surface area contributed by atoms with Gasteiger partial charge in [0, 0.05) is 19.4 Å². The van der Waals surface area contributed by atoms with Crippen LogP contribution in [0.3, 0.4) is 0 Å². The smallest absolute Gasteiger partial charge is 0.276 e. The molecule has 0 fully saturated rings. The second kappa shape index (κ2) is 12.4. The zero-order valence-corrected chi connectivity index (χ0v) is 19.4. The minimum Gasteiger partial charge on any atom is -0.483 e. The van der Waals surface area contributed by atoms with Gasteiger partial charge in [-0.25, -0.2) is 0 Å². The lowest BCUT2D eigenvalue weighted by molar-refractivity contribution is -0.131. The Kier molecular flexibility index (Phi) is 9.02. The summed E-state index contributed by atoms with van der Waals surface area (Å²) < 4.78 is 6.23. The van der Waals surface area contributed by atoms with E-state index in [2.05, 4.69) is 32.1 Å². The predicted octanol–water partition coefficient (Wildman–Crippen LogP) is 3.74. The molecule has 3 amide bonds. The van der Waals surface area contributed by atoms with Crippen molar-refractivity contribution >= 4 is 33.7 Å². The number of carbonyl (C=O) groups is 3. The lowest BCUT2D eigenvalue weighted by Crippen LogP contribution is -2.44. The van der Waals surface area contributed by atoms with Gasteiger partial charge in [-0.1, -0.05) is 66.7 Å². The van der Waals surface area contributed by atoms with E-state index in [0.29, 0.717) is 16.8 Å². The minimum absolute atomic E-state index is 0.0196. The van der Waals surface area contributed by atoms with Gasteiger partial charge in [-0.3, -0.25) is 25.2 Å². The van der Waals surface area contributed by atoms with E-state index in [1.54, 1.807) is 6.07 Å². The van der Waals surface area contributed by atoms with Gasteiger partial charge < -0.3 is 10.1 Å². The molecule has 3 aromatic carbocycles. The zero-order chi connectivity index (χ0) is 23.5. The Hall–Kier alpha value is -3.65. The van der Waals surface area contributed by atoms with Crippen LogP contribution in [0.15, 0.2) is 83.3 Å². The lowest BCUT2D eigenvalue weighted by Gasteiger charge is -2.11. The van der Waals surface area contributed by atoms with Crippen LogP contribution in [-0.2, 0) is 20.9 Å². The van der Waals surface area contributed by atoms with E-state index in [1.165, 1.54) is 0 Å². The van der Waals surface area contributed by atoms with Crippen LogP contribution in [0.4, 0.5) is 0 Å². The van der Waals surface area contributed by atoms with Crippen molar-refractivity contribution in [2.45, 2.75) is 19.4 Å². The zero-order valence-electron chi connectivity index (χ0n) is 17.8. The number of hydrazine groups is 1. The minimum atomic E-state index is -0.518. The number of ether oxygens (including phenoxy) is 1. The van der Waals surface area contributed by atoms with Gasteiger partial charge in [0.2, 0.25) is 11.8 Å². The predicted molar refractivity (Wildman–Crippen MR) is 129 cm³/mol. The number of hydrogen-bond acceptors (Lipinski definition) is 4. The molecule has 0 bridgehead atoms. The van der Waals surface area contributed by atoms with Crippen LogP contribution in [0, 0.1) is 0 Å². The summed E-state index contributed by atoms with van der Waals surface area (Å²) in [6.45, 7) is 0.123. The lowest BCUT2D eigenvalue weighted by atomic mass is 10.1. The number of benzene rings is 3. The van der Waals surface area contributed by atoms with Crippen molar-refractivity contribution < 1.29 is 19.1 Å². The average Bonchev–Trinajstić information content (AvgIpc) is 2.85. The molecule has 33 heavy (non-hydrogen) atoms. The van der Waals surface area contributed by atoms with Gasteiger partial charge in [0.25, 0.3) is 5.91 Å². The van der Waals surface area contributed by atoms with Gasteiger partial charge >= 0.3 is 0 Å². The quantitative estimate of drug-likeness (QED) is 0.382. The highest BCUT2D eigenvalue weighted by molar-refractivity contribution is 9.10. The first-order chi connectivity index (χ1) is 16.0. The molecule has 0 saturated carbocycles. The standard InChI is InChI=1S/C25H24BrN3O4/c26-21-15-20(19-9-5-2-6-10-19)11-12-22(21)33-17-25(32)29-28-24(31)14-13-23(30)27-16-18-7-3-1-4-8-18/h1-12,15H,13-14,16-17H2,(H,27,30)(H,28,31)(H,29,32). The molecule has 0 aliphatic carbocycles.